The number of carbonyl (C=O) groups excluding carboxylic acids is 2. The van der Waals surface area contributed by atoms with Crippen molar-refractivity contribution in [3.63, 3.8) is 0 Å². The molecule has 0 radical (unpaired) electrons. The van der Waals surface area contributed by atoms with Crippen molar-refractivity contribution in [2.45, 2.75) is 39.2 Å². The zero-order valence-electron chi connectivity index (χ0n) is 15.8. The molecule has 0 bridgehead atoms. The van der Waals surface area contributed by atoms with Crippen LogP contribution in [0.4, 0.5) is 0 Å². The summed E-state index contributed by atoms with van der Waals surface area (Å²) in [6.45, 7) is 3.47. The summed E-state index contributed by atoms with van der Waals surface area (Å²) in [5, 5.41) is 2.96. The van der Waals surface area contributed by atoms with Gasteiger partial charge in [0.2, 0.25) is 0 Å². The second-order valence-electron chi connectivity index (χ2n) is 6.91. The summed E-state index contributed by atoms with van der Waals surface area (Å²) in [4.78, 5) is 24.0. The monoisotopic (exact) mass is 367 g/mol. The first kappa shape index (κ1) is 19.0. The zero-order chi connectivity index (χ0) is 19.2. The third kappa shape index (κ3) is 5.09. The average Bonchev–Trinajstić information content (AvgIpc) is 2.67. The summed E-state index contributed by atoms with van der Waals surface area (Å²) in [6, 6.07) is 13.7. The van der Waals surface area contributed by atoms with E-state index in [0.29, 0.717) is 5.75 Å². The highest BCUT2D eigenvalue weighted by molar-refractivity contribution is 5.81. The van der Waals surface area contributed by atoms with Crippen LogP contribution in [0.5, 0.6) is 5.75 Å². The molecule has 5 heteroatoms. The fourth-order valence-electron chi connectivity index (χ4n) is 3.27. The predicted octanol–water partition coefficient (Wildman–Crippen LogP) is 3.42. The van der Waals surface area contributed by atoms with Crippen LogP contribution < -0.4 is 10.1 Å². The Bertz CT molecular complexity index is 831. The number of carbonyl (C=O) groups is 2. The first-order valence-corrected chi connectivity index (χ1v) is 9.26. The van der Waals surface area contributed by atoms with Gasteiger partial charge in [-0.3, -0.25) is 4.79 Å². The zero-order valence-corrected chi connectivity index (χ0v) is 15.8. The Morgan fingerprint density at radius 1 is 1.07 bits per heavy atom. The van der Waals surface area contributed by atoms with Gasteiger partial charge < -0.3 is 14.8 Å². The Morgan fingerprint density at radius 2 is 1.89 bits per heavy atom. The molecule has 0 spiro atoms. The first-order chi connectivity index (χ1) is 13.0. The molecule has 3 rings (SSSR count). The number of hydrogen-bond donors (Lipinski definition) is 1. The Balaban J connectivity index is 1.44. The normalized spacial score (nSPS) is 15.6. The number of fused-ring (bicyclic) bond motifs is 1. The molecule has 0 saturated carbocycles. The van der Waals surface area contributed by atoms with Crippen molar-refractivity contribution in [2.75, 3.05) is 13.2 Å². The number of nitrogens with one attached hydrogen (secondary N) is 1. The second-order valence-corrected chi connectivity index (χ2v) is 6.91. The summed E-state index contributed by atoms with van der Waals surface area (Å²) in [7, 11) is 0. The van der Waals surface area contributed by atoms with Gasteiger partial charge in [-0.25, -0.2) is 4.79 Å². The quantitative estimate of drug-likeness (QED) is 0.795. The molecule has 0 aliphatic heterocycles. The predicted molar refractivity (Wildman–Crippen MR) is 103 cm³/mol. The fourth-order valence-corrected chi connectivity index (χ4v) is 3.27. The fraction of sp³-hybridized carbons (Fsp3) is 0.364. The van der Waals surface area contributed by atoms with Crippen molar-refractivity contribution in [1.82, 2.24) is 5.32 Å². The van der Waals surface area contributed by atoms with Crippen molar-refractivity contribution in [2.24, 2.45) is 0 Å². The molecule has 142 valence electrons. The molecule has 5 nitrogen and oxygen atoms in total. The van der Waals surface area contributed by atoms with Gasteiger partial charge in [0.1, 0.15) is 5.75 Å². The maximum absolute atomic E-state index is 12.2. The molecule has 0 saturated heterocycles. The average molecular weight is 367 g/mol. The molecular formula is C22H25NO4. The lowest BCUT2D eigenvalue weighted by Crippen LogP contribution is -2.34. The lowest BCUT2D eigenvalue weighted by atomic mass is 9.88. The Morgan fingerprint density at radius 3 is 2.70 bits per heavy atom. The van der Waals surface area contributed by atoms with E-state index in [2.05, 4.69) is 11.4 Å². The van der Waals surface area contributed by atoms with Gasteiger partial charge >= 0.3 is 5.97 Å². The Hall–Kier alpha value is -2.82. The van der Waals surface area contributed by atoms with Gasteiger partial charge in [0.05, 0.1) is 6.04 Å². The summed E-state index contributed by atoms with van der Waals surface area (Å²) >= 11 is 0. The number of ether oxygens (including phenoxy) is 2. The summed E-state index contributed by atoms with van der Waals surface area (Å²) < 4.78 is 10.5. The van der Waals surface area contributed by atoms with Crippen LogP contribution in [0.15, 0.2) is 42.5 Å². The summed E-state index contributed by atoms with van der Waals surface area (Å²) in [5.74, 6) is -0.248. The number of aryl methyl sites for hydroxylation is 3. The van der Waals surface area contributed by atoms with Crippen LogP contribution >= 0.6 is 0 Å². The van der Waals surface area contributed by atoms with E-state index in [9.17, 15) is 9.59 Å². The van der Waals surface area contributed by atoms with Crippen LogP contribution in [0.2, 0.25) is 0 Å². The number of esters is 1. The smallest absolute Gasteiger partial charge is 0.344 e. The summed E-state index contributed by atoms with van der Waals surface area (Å²) in [5.41, 5.74) is 4.67. The number of rotatable bonds is 6. The van der Waals surface area contributed by atoms with Crippen LogP contribution in [-0.2, 0) is 20.7 Å². The van der Waals surface area contributed by atoms with E-state index in [1.165, 1.54) is 5.56 Å². The van der Waals surface area contributed by atoms with Gasteiger partial charge in [-0.1, -0.05) is 30.3 Å². The van der Waals surface area contributed by atoms with Crippen LogP contribution in [-0.4, -0.2) is 25.1 Å². The Kier molecular flexibility index (Phi) is 6.12. The third-order valence-corrected chi connectivity index (χ3v) is 4.90. The van der Waals surface area contributed by atoms with Crippen molar-refractivity contribution in [1.29, 1.82) is 0 Å². The minimum atomic E-state index is -0.563. The number of amides is 1. The molecule has 27 heavy (non-hydrogen) atoms. The number of hydrogen-bond acceptors (Lipinski definition) is 4. The van der Waals surface area contributed by atoms with E-state index < -0.39 is 5.97 Å². The van der Waals surface area contributed by atoms with Crippen molar-refractivity contribution >= 4 is 11.9 Å². The van der Waals surface area contributed by atoms with Crippen LogP contribution in [0.3, 0.4) is 0 Å². The topological polar surface area (TPSA) is 64.6 Å². The maximum atomic E-state index is 12.2. The molecule has 1 atom stereocenters. The van der Waals surface area contributed by atoms with E-state index in [0.717, 1.165) is 36.0 Å². The van der Waals surface area contributed by atoms with E-state index in [1.54, 1.807) is 0 Å². The third-order valence-electron chi connectivity index (χ3n) is 4.90. The molecule has 2 aromatic rings. The van der Waals surface area contributed by atoms with Crippen molar-refractivity contribution in [3.8, 4) is 5.75 Å². The van der Waals surface area contributed by atoms with Crippen LogP contribution in [0.25, 0.3) is 0 Å². The minimum Gasteiger partial charge on any atom is -0.482 e. The van der Waals surface area contributed by atoms with Gasteiger partial charge in [0, 0.05) is 0 Å². The second kappa shape index (κ2) is 8.71. The minimum absolute atomic E-state index is 0.0204. The van der Waals surface area contributed by atoms with E-state index in [4.69, 9.17) is 9.47 Å². The molecule has 1 amide bonds. The molecule has 1 N–H and O–H groups in total. The number of benzene rings is 2. The van der Waals surface area contributed by atoms with Gasteiger partial charge in [0.15, 0.2) is 13.2 Å². The first-order valence-electron chi connectivity index (χ1n) is 9.26. The highest BCUT2D eigenvalue weighted by atomic mass is 16.6. The van der Waals surface area contributed by atoms with Crippen LogP contribution in [0.1, 0.15) is 41.1 Å². The molecule has 2 aromatic carbocycles. The van der Waals surface area contributed by atoms with Gasteiger partial charge in [-0.05, 0) is 67.5 Å². The summed E-state index contributed by atoms with van der Waals surface area (Å²) in [6.07, 6.45) is 2.96. The molecule has 0 heterocycles. The van der Waals surface area contributed by atoms with Gasteiger partial charge in [-0.2, -0.15) is 0 Å². The molecule has 0 fully saturated rings. The molecule has 1 aliphatic rings. The molecule has 0 aromatic heterocycles. The van der Waals surface area contributed by atoms with Gasteiger partial charge in [-0.15, -0.1) is 0 Å². The largest absolute Gasteiger partial charge is 0.482 e. The molecule has 1 aliphatic carbocycles. The lowest BCUT2D eigenvalue weighted by molar-refractivity contribution is -0.150. The Labute approximate surface area is 159 Å². The highest BCUT2D eigenvalue weighted by Gasteiger charge is 2.21. The van der Waals surface area contributed by atoms with Crippen LogP contribution in [0, 0.1) is 13.8 Å². The highest BCUT2D eigenvalue weighted by Crippen LogP contribution is 2.29. The van der Waals surface area contributed by atoms with E-state index >= 15 is 0 Å². The SMILES string of the molecule is Cc1ccc(OCC(=O)OCC(=O)N[C@@H]2CCCc3ccccc32)cc1C. The van der Waals surface area contributed by atoms with Crippen molar-refractivity contribution < 1.29 is 19.1 Å². The molecule has 0 unspecified atom stereocenters. The maximum Gasteiger partial charge on any atom is 0.344 e. The van der Waals surface area contributed by atoms with E-state index in [-0.39, 0.29) is 25.2 Å². The van der Waals surface area contributed by atoms with Gasteiger partial charge in [0.25, 0.3) is 5.91 Å². The van der Waals surface area contributed by atoms with E-state index in [1.807, 2.05) is 50.2 Å². The lowest BCUT2D eigenvalue weighted by Gasteiger charge is -2.26. The standard InChI is InChI=1S/C22H25NO4/c1-15-10-11-18(12-16(15)2)26-14-22(25)27-13-21(24)23-20-9-5-7-17-6-3-4-8-19(17)20/h3-4,6,8,10-12,20H,5,7,9,13-14H2,1-2H3,(H,23,24)/t20-/m1/s1. The molecular weight excluding hydrogens is 342 g/mol. The van der Waals surface area contributed by atoms with Crippen molar-refractivity contribution in [3.05, 3.63) is 64.7 Å².